The van der Waals surface area contributed by atoms with Crippen LogP contribution < -0.4 is 11.1 Å². The Morgan fingerprint density at radius 3 is 2.26 bits per heavy atom. The van der Waals surface area contributed by atoms with E-state index in [1.54, 1.807) is 0 Å². The summed E-state index contributed by atoms with van der Waals surface area (Å²) < 4.78 is 0. The number of alkyl halides is 1. The molecule has 1 unspecified atom stereocenters. The summed E-state index contributed by atoms with van der Waals surface area (Å²) in [5, 5.41) is 0. The molecule has 1 aromatic heterocycles. The van der Waals surface area contributed by atoms with E-state index in [2.05, 4.69) is 46.7 Å². The number of rotatable bonds is 2. The van der Waals surface area contributed by atoms with Gasteiger partial charge in [-0.3, -0.25) is 9.59 Å². The number of H-pyrrole nitrogens is 2. The molecule has 0 aliphatic carbocycles. The SMILES string of the molecule is CC(C)(C)CC(Br)c1ccc2[nH]c(=O)c(=O)[nH]c2c1. The van der Waals surface area contributed by atoms with Gasteiger partial charge in [-0.25, -0.2) is 0 Å². The van der Waals surface area contributed by atoms with Crippen molar-refractivity contribution in [3.63, 3.8) is 0 Å². The zero-order valence-electron chi connectivity index (χ0n) is 11.2. The normalized spacial score (nSPS) is 13.7. The number of hydrogen-bond donors (Lipinski definition) is 2. The van der Waals surface area contributed by atoms with E-state index in [9.17, 15) is 9.59 Å². The highest BCUT2D eigenvalue weighted by Crippen LogP contribution is 2.35. The molecule has 0 bridgehead atoms. The van der Waals surface area contributed by atoms with Crippen LogP contribution in [0.4, 0.5) is 0 Å². The first-order chi connectivity index (χ1) is 8.76. The molecule has 1 heterocycles. The molecule has 2 rings (SSSR count). The van der Waals surface area contributed by atoms with E-state index in [1.807, 2.05) is 18.2 Å². The molecule has 102 valence electrons. The van der Waals surface area contributed by atoms with Crippen LogP contribution >= 0.6 is 15.9 Å². The van der Waals surface area contributed by atoms with E-state index in [-0.39, 0.29) is 10.2 Å². The van der Waals surface area contributed by atoms with Gasteiger partial charge in [0.15, 0.2) is 0 Å². The fourth-order valence-corrected chi connectivity index (χ4v) is 3.24. The van der Waals surface area contributed by atoms with Gasteiger partial charge >= 0.3 is 11.1 Å². The third-order valence-electron chi connectivity index (χ3n) is 2.90. The fraction of sp³-hybridized carbons (Fsp3) is 0.429. The molecular weight excluding hydrogens is 308 g/mol. The van der Waals surface area contributed by atoms with Gasteiger partial charge in [0.2, 0.25) is 0 Å². The van der Waals surface area contributed by atoms with Crippen molar-refractivity contribution in [1.82, 2.24) is 9.97 Å². The molecule has 0 saturated carbocycles. The first-order valence-corrected chi connectivity index (χ1v) is 7.08. The fourth-order valence-electron chi connectivity index (χ4n) is 1.98. The monoisotopic (exact) mass is 324 g/mol. The number of hydrogen-bond acceptors (Lipinski definition) is 2. The quantitative estimate of drug-likeness (QED) is 0.658. The van der Waals surface area contributed by atoms with Crippen molar-refractivity contribution in [1.29, 1.82) is 0 Å². The first kappa shape index (κ1) is 14.1. The van der Waals surface area contributed by atoms with E-state index in [1.165, 1.54) is 0 Å². The minimum atomic E-state index is -0.620. The average Bonchev–Trinajstić information content (AvgIpc) is 2.27. The summed E-state index contributed by atoms with van der Waals surface area (Å²) >= 11 is 3.68. The zero-order valence-corrected chi connectivity index (χ0v) is 12.8. The van der Waals surface area contributed by atoms with E-state index in [0.29, 0.717) is 11.0 Å². The topological polar surface area (TPSA) is 65.7 Å². The second-order valence-corrected chi connectivity index (χ2v) is 7.05. The van der Waals surface area contributed by atoms with Gasteiger partial charge in [0.25, 0.3) is 0 Å². The lowest BCUT2D eigenvalue weighted by atomic mass is 9.88. The van der Waals surface area contributed by atoms with Crippen LogP contribution in [0.1, 0.15) is 37.6 Å². The Morgan fingerprint density at radius 2 is 1.68 bits per heavy atom. The number of aromatic nitrogens is 2. The largest absolute Gasteiger partial charge is 0.316 e. The van der Waals surface area contributed by atoms with Crippen LogP contribution in [0.15, 0.2) is 27.8 Å². The van der Waals surface area contributed by atoms with Gasteiger partial charge in [-0.15, -0.1) is 0 Å². The Labute approximate surface area is 119 Å². The smallest absolute Gasteiger partial charge is 0.314 e. The zero-order chi connectivity index (χ0) is 14.2. The Bertz CT molecular complexity index is 710. The number of nitrogens with one attached hydrogen (secondary N) is 2. The molecule has 1 aromatic carbocycles. The van der Waals surface area contributed by atoms with Crippen molar-refractivity contribution in [2.24, 2.45) is 5.41 Å². The van der Waals surface area contributed by atoms with Crippen LogP contribution in [0, 0.1) is 5.41 Å². The van der Waals surface area contributed by atoms with Crippen molar-refractivity contribution in [2.75, 3.05) is 0 Å². The highest BCUT2D eigenvalue weighted by Gasteiger charge is 2.18. The summed E-state index contributed by atoms with van der Waals surface area (Å²) in [6.07, 6.45) is 0.978. The van der Waals surface area contributed by atoms with Crippen molar-refractivity contribution in [3.8, 4) is 0 Å². The molecule has 0 amide bonds. The highest BCUT2D eigenvalue weighted by molar-refractivity contribution is 9.09. The molecule has 0 aliphatic rings. The van der Waals surface area contributed by atoms with E-state index >= 15 is 0 Å². The van der Waals surface area contributed by atoms with Gasteiger partial charge in [0, 0.05) is 4.83 Å². The first-order valence-electron chi connectivity index (χ1n) is 6.16. The van der Waals surface area contributed by atoms with Gasteiger partial charge in [-0.1, -0.05) is 42.8 Å². The molecule has 0 saturated heterocycles. The predicted octanol–water partition coefficient (Wildman–Crippen LogP) is 3.09. The summed E-state index contributed by atoms with van der Waals surface area (Å²) in [6.45, 7) is 6.55. The standard InChI is InChI=1S/C14H17BrN2O2/c1-14(2,3)7-9(15)8-4-5-10-11(6-8)17-13(19)12(18)16-10/h4-6,9H,7H2,1-3H3,(H,16,18)(H,17,19). The maximum Gasteiger partial charge on any atom is 0.314 e. The number of aromatic amines is 2. The van der Waals surface area contributed by atoms with Crippen LogP contribution in [0.3, 0.4) is 0 Å². The molecule has 5 heteroatoms. The Kier molecular flexibility index (Phi) is 3.67. The lowest BCUT2D eigenvalue weighted by Gasteiger charge is -2.22. The number of benzene rings is 1. The molecule has 0 aliphatic heterocycles. The summed E-state index contributed by atoms with van der Waals surface area (Å²) in [4.78, 5) is 27.9. The Morgan fingerprint density at radius 1 is 1.11 bits per heavy atom. The molecular formula is C14H17BrN2O2. The summed E-state index contributed by atoms with van der Waals surface area (Å²) in [7, 11) is 0. The summed E-state index contributed by atoms with van der Waals surface area (Å²) in [6, 6.07) is 5.68. The molecule has 2 aromatic rings. The van der Waals surface area contributed by atoms with Gasteiger partial charge in [-0.05, 0) is 29.5 Å². The highest BCUT2D eigenvalue weighted by atomic mass is 79.9. The van der Waals surface area contributed by atoms with Crippen molar-refractivity contribution in [2.45, 2.75) is 32.0 Å². The van der Waals surface area contributed by atoms with E-state index in [0.717, 1.165) is 12.0 Å². The van der Waals surface area contributed by atoms with Crippen LogP contribution in [0.2, 0.25) is 0 Å². The lowest BCUT2D eigenvalue weighted by Crippen LogP contribution is -2.28. The molecule has 4 nitrogen and oxygen atoms in total. The minimum Gasteiger partial charge on any atom is -0.316 e. The van der Waals surface area contributed by atoms with Gasteiger partial charge in [0.05, 0.1) is 11.0 Å². The number of halogens is 1. The van der Waals surface area contributed by atoms with Crippen LogP contribution in [0.25, 0.3) is 11.0 Å². The van der Waals surface area contributed by atoms with Crippen molar-refractivity contribution >= 4 is 27.0 Å². The van der Waals surface area contributed by atoms with Crippen LogP contribution in [-0.2, 0) is 0 Å². The van der Waals surface area contributed by atoms with Crippen molar-refractivity contribution < 1.29 is 0 Å². The average molecular weight is 325 g/mol. The minimum absolute atomic E-state index is 0.210. The second kappa shape index (κ2) is 4.96. The third kappa shape index (κ3) is 3.35. The van der Waals surface area contributed by atoms with Gasteiger partial charge in [-0.2, -0.15) is 0 Å². The second-order valence-electron chi connectivity index (χ2n) is 5.95. The molecule has 0 spiro atoms. The van der Waals surface area contributed by atoms with Gasteiger partial charge in [0.1, 0.15) is 0 Å². The molecule has 19 heavy (non-hydrogen) atoms. The Hall–Kier alpha value is -1.36. The summed E-state index contributed by atoms with van der Waals surface area (Å²) in [5.41, 5.74) is 1.35. The van der Waals surface area contributed by atoms with Crippen molar-refractivity contribution in [3.05, 3.63) is 44.5 Å². The molecule has 2 N–H and O–H groups in total. The predicted molar refractivity (Wildman–Crippen MR) is 80.9 cm³/mol. The van der Waals surface area contributed by atoms with E-state index in [4.69, 9.17) is 0 Å². The van der Waals surface area contributed by atoms with E-state index < -0.39 is 11.1 Å². The Balaban J connectivity index is 2.44. The lowest BCUT2D eigenvalue weighted by molar-refractivity contribution is 0.377. The van der Waals surface area contributed by atoms with Crippen LogP contribution in [-0.4, -0.2) is 9.97 Å². The van der Waals surface area contributed by atoms with Crippen LogP contribution in [0.5, 0.6) is 0 Å². The summed E-state index contributed by atoms with van der Waals surface area (Å²) in [5.74, 6) is 0. The third-order valence-corrected chi connectivity index (χ3v) is 3.75. The molecule has 0 radical (unpaired) electrons. The van der Waals surface area contributed by atoms with Gasteiger partial charge < -0.3 is 9.97 Å². The maximum atomic E-state index is 11.3. The maximum absolute atomic E-state index is 11.3. The molecule has 0 fully saturated rings. The number of fused-ring (bicyclic) bond motifs is 1. The molecule has 1 atom stereocenters.